The van der Waals surface area contributed by atoms with Crippen molar-refractivity contribution < 1.29 is 14.4 Å². The largest absolute Gasteiger partial charge is 0.508 e. The Morgan fingerprint density at radius 1 is 1.04 bits per heavy atom. The van der Waals surface area contributed by atoms with Crippen LogP contribution in [0.2, 0.25) is 0 Å². The predicted octanol–water partition coefficient (Wildman–Crippen LogP) is 3.16. The van der Waals surface area contributed by atoms with Gasteiger partial charge in [0.15, 0.2) is 0 Å². The van der Waals surface area contributed by atoms with Crippen molar-refractivity contribution in [2.24, 2.45) is 0 Å². The minimum absolute atomic E-state index is 0.292. The SMILES string of the molecule is CCOc1ccccc1-c1noc(CN2CCN(c3ccc(O)cc3)CC2)n1. The van der Waals surface area contributed by atoms with E-state index in [2.05, 4.69) is 19.9 Å². The molecule has 1 aliphatic heterocycles. The molecule has 1 N–H and O–H groups in total. The van der Waals surface area contributed by atoms with Gasteiger partial charge in [-0.1, -0.05) is 17.3 Å². The van der Waals surface area contributed by atoms with Crippen LogP contribution in [-0.4, -0.2) is 52.9 Å². The van der Waals surface area contributed by atoms with E-state index in [1.54, 1.807) is 12.1 Å². The number of hydrogen-bond donors (Lipinski definition) is 1. The zero-order valence-electron chi connectivity index (χ0n) is 15.9. The molecule has 1 aliphatic rings. The summed E-state index contributed by atoms with van der Waals surface area (Å²) in [7, 11) is 0. The van der Waals surface area contributed by atoms with Crippen molar-refractivity contribution in [2.45, 2.75) is 13.5 Å². The molecular weight excluding hydrogens is 356 g/mol. The van der Waals surface area contributed by atoms with E-state index in [1.807, 2.05) is 43.3 Å². The van der Waals surface area contributed by atoms with Crippen molar-refractivity contribution in [3.8, 4) is 22.9 Å². The van der Waals surface area contributed by atoms with Gasteiger partial charge in [0, 0.05) is 31.9 Å². The Kier molecular flexibility index (Phi) is 5.43. The molecule has 1 fully saturated rings. The summed E-state index contributed by atoms with van der Waals surface area (Å²) in [6.07, 6.45) is 0. The smallest absolute Gasteiger partial charge is 0.241 e. The molecule has 28 heavy (non-hydrogen) atoms. The van der Waals surface area contributed by atoms with Gasteiger partial charge in [-0.15, -0.1) is 0 Å². The number of benzene rings is 2. The molecule has 4 rings (SSSR count). The van der Waals surface area contributed by atoms with Crippen LogP contribution in [0.5, 0.6) is 11.5 Å². The fourth-order valence-electron chi connectivity index (χ4n) is 3.38. The number of para-hydroxylation sites is 1. The molecule has 0 aliphatic carbocycles. The number of phenolic OH excluding ortho intramolecular Hbond substituents is 1. The molecule has 7 heteroatoms. The van der Waals surface area contributed by atoms with Crippen molar-refractivity contribution >= 4 is 5.69 Å². The van der Waals surface area contributed by atoms with Crippen molar-refractivity contribution in [2.75, 3.05) is 37.7 Å². The van der Waals surface area contributed by atoms with Crippen LogP contribution in [-0.2, 0) is 6.54 Å². The lowest BCUT2D eigenvalue weighted by molar-refractivity contribution is 0.215. The Bertz CT molecular complexity index is 902. The van der Waals surface area contributed by atoms with Crippen LogP contribution < -0.4 is 9.64 Å². The lowest BCUT2D eigenvalue weighted by Gasteiger charge is -2.35. The highest BCUT2D eigenvalue weighted by Crippen LogP contribution is 2.28. The third-order valence-corrected chi connectivity index (χ3v) is 4.84. The van der Waals surface area contributed by atoms with Gasteiger partial charge in [0.2, 0.25) is 11.7 Å². The van der Waals surface area contributed by atoms with E-state index in [0.29, 0.717) is 30.6 Å². The molecule has 2 aromatic carbocycles. The maximum absolute atomic E-state index is 9.43. The second-order valence-electron chi connectivity index (χ2n) is 6.72. The molecule has 1 aromatic heterocycles. The van der Waals surface area contributed by atoms with E-state index in [0.717, 1.165) is 43.2 Å². The lowest BCUT2D eigenvalue weighted by Crippen LogP contribution is -2.46. The highest BCUT2D eigenvalue weighted by Gasteiger charge is 2.20. The van der Waals surface area contributed by atoms with E-state index in [-0.39, 0.29) is 0 Å². The maximum atomic E-state index is 9.43. The number of aromatic hydroxyl groups is 1. The highest BCUT2D eigenvalue weighted by molar-refractivity contribution is 5.63. The van der Waals surface area contributed by atoms with Gasteiger partial charge in [-0.05, 0) is 43.3 Å². The first-order chi connectivity index (χ1) is 13.7. The van der Waals surface area contributed by atoms with Crippen LogP contribution in [0.4, 0.5) is 5.69 Å². The molecular formula is C21H24N4O3. The normalized spacial score (nSPS) is 15.0. The number of anilines is 1. The molecule has 1 saturated heterocycles. The Labute approximate surface area is 164 Å². The number of ether oxygens (including phenoxy) is 1. The average Bonchev–Trinajstić information content (AvgIpc) is 3.18. The van der Waals surface area contributed by atoms with Crippen molar-refractivity contribution in [1.29, 1.82) is 0 Å². The second kappa shape index (κ2) is 8.31. The number of phenols is 1. The highest BCUT2D eigenvalue weighted by atomic mass is 16.5. The predicted molar refractivity (Wildman–Crippen MR) is 106 cm³/mol. The summed E-state index contributed by atoms with van der Waals surface area (Å²) in [6.45, 7) is 6.83. The number of rotatable bonds is 6. The molecule has 3 aromatic rings. The molecule has 0 spiro atoms. The molecule has 0 saturated carbocycles. The van der Waals surface area contributed by atoms with Crippen LogP contribution in [0.15, 0.2) is 53.1 Å². The summed E-state index contributed by atoms with van der Waals surface area (Å²) < 4.78 is 11.1. The Morgan fingerprint density at radius 3 is 2.54 bits per heavy atom. The van der Waals surface area contributed by atoms with Gasteiger partial charge in [0.05, 0.1) is 18.7 Å². The first-order valence-electron chi connectivity index (χ1n) is 9.54. The van der Waals surface area contributed by atoms with Crippen LogP contribution in [0, 0.1) is 0 Å². The van der Waals surface area contributed by atoms with Crippen LogP contribution >= 0.6 is 0 Å². The minimum Gasteiger partial charge on any atom is -0.508 e. The fraction of sp³-hybridized carbons (Fsp3) is 0.333. The second-order valence-corrected chi connectivity index (χ2v) is 6.72. The van der Waals surface area contributed by atoms with Gasteiger partial charge in [-0.25, -0.2) is 0 Å². The number of nitrogens with zero attached hydrogens (tertiary/aromatic N) is 4. The van der Waals surface area contributed by atoms with Gasteiger partial charge in [0.25, 0.3) is 0 Å². The van der Waals surface area contributed by atoms with Gasteiger partial charge >= 0.3 is 0 Å². The first kappa shape index (κ1) is 18.3. The number of aromatic nitrogens is 2. The van der Waals surface area contributed by atoms with Gasteiger partial charge < -0.3 is 19.3 Å². The Hall–Kier alpha value is -3.06. The third-order valence-electron chi connectivity index (χ3n) is 4.84. The zero-order chi connectivity index (χ0) is 19.3. The molecule has 0 atom stereocenters. The molecule has 7 nitrogen and oxygen atoms in total. The van der Waals surface area contributed by atoms with Gasteiger partial charge in [-0.3, -0.25) is 4.90 Å². The molecule has 2 heterocycles. The fourth-order valence-corrected chi connectivity index (χ4v) is 3.38. The first-order valence-corrected chi connectivity index (χ1v) is 9.54. The van der Waals surface area contributed by atoms with Gasteiger partial charge in [0.1, 0.15) is 11.5 Å². The summed E-state index contributed by atoms with van der Waals surface area (Å²) in [5, 5.41) is 13.6. The third kappa shape index (κ3) is 4.09. The van der Waals surface area contributed by atoms with Crippen LogP contribution in [0.3, 0.4) is 0 Å². The topological polar surface area (TPSA) is 74.9 Å². The summed E-state index contributed by atoms with van der Waals surface area (Å²) in [4.78, 5) is 9.18. The van der Waals surface area contributed by atoms with E-state index in [4.69, 9.17) is 9.26 Å². The Morgan fingerprint density at radius 2 is 1.79 bits per heavy atom. The van der Waals surface area contributed by atoms with E-state index < -0.39 is 0 Å². The minimum atomic E-state index is 0.292. The van der Waals surface area contributed by atoms with Crippen molar-refractivity contribution in [3.63, 3.8) is 0 Å². The number of hydrogen-bond acceptors (Lipinski definition) is 7. The zero-order valence-corrected chi connectivity index (χ0v) is 15.9. The Balaban J connectivity index is 1.37. The number of piperazine rings is 1. The summed E-state index contributed by atoms with van der Waals surface area (Å²) in [5.74, 6) is 2.22. The van der Waals surface area contributed by atoms with E-state index in [1.165, 1.54) is 0 Å². The monoisotopic (exact) mass is 380 g/mol. The summed E-state index contributed by atoms with van der Waals surface area (Å²) >= 11 is 0. The molecule has 146 valence electrons. The molecule has 0 amide bonds. The van der Waals surface area contributed by atoms with Crippen LogP contribution in [0.1, 0.15) is 12.8 Å². The molecule has 0 radical (unpaired) electrons. The van der Waals surface area contributed by atoms with Gasteiger partial charge in [-0.2, -0.15) is 4.98 Å². The summed E-state index contributed by atoms with van der Waals surface area (Å²) in [5.41, 5.74) is 1.97. The maximum Gasteiger partial charge on any atom is 0.241 e. The van der Waals surface area contributed by atoms with E-state index in [9.17, 15) is 5.11 Å². The molecule has 0 bridgehead atoms. The molecule has 0 unspecified atom stereocenters. The standard InChI is InChI=1S/C21H24N4O3/c1-2-27-19-6-4-3-5-18(19)21-22-20(28-23-21)15-24-11-13-25(14-12-24)16-7-9-17(26)10-8-16/h3-10,26H,2,11-15H2,1H3. The lowest BCUT2D eigenvalue weighted by atomic mass is 10.2. The van der Waals surface area contributed by atoms with Crippen molar-refractivity contribution in [1.82, 2.24) is 15.0 Å². The van der Waals surface area contributed by atoms with Crippen molar-refractivity contribution in [3.05, 3.63) is 54.4 Å². The van der Waals surface area contributed by atoms with E-state index >= 15 is 0 Å². The van der Waals surface area contributed by atoms with Crippen LogP contribution in [0.25, 0.3) is 11.4 Å². The quantitative estimate of drug-likeness (QED) is 0.704. The average molecular weight is 380 g/mol. The summed E-state index contributed by atoms with van der Waals surface area (Å²) in [6, 6.07) is 15.1.